The van der Waals surface area contributed by atoms with Gasteiger partial charge in [-0.1, -0.05) is 12.1 Å². The van der Waals surface area contributed by atoms with Gasteiger partial charge in [-0.3, -0.25) is 5.32 Å². The molecular weight excluding hydrogens is 292 g/mol. The minimum atomic E-state index is -0.496. The molecule has 0 spiro atoms. The molecule has 1 amide bonds. The van der Waals surface area contributed by atoms with Gasteiger partial charge in [0.05, 0.1) is 12.8 Å². The van der Waals surface area contributed by atoms with E-state index in [0.29, 0.717) is 0 Å². The van der Waals surface area contributed by atoms with E-state index >= 15 is 0 Å². The molecule has 0 atom stereocenters. The van der Waals surface area contributed by atoms with Crippen molar-refractivity contribution in [2.75, 3.05) is 11.9 Å². The van der Waals surface area contributed by atoms with Gasteiger partial charge in [-0.15, -0.1) is 0 Å². The van der Waals surface area contributed by atoms with Crippen molar-refractivity contribution in [1.29, 1.82) is 0 Å². The Morgan fingerprint density at radius 3 is 2.52 bits per heavy atom. The number of amides is 1. The number of carbonyl (C=O) groups excluding carboxylic acids is 1. The third-order valence-electron chi connectivity index (χ3n) is 3.07. The van der Waals surface area contributed by atoms with Crippen LogP contribution in [0.25, 0.3) is 0 Å². The maximum absolute atomic E-state index is 11.7. The number of ether oxygens (including phenoxy) is 1. The quantitative estimate of drug-likeness (QED) is 0.792. The topological polar surface area (TPSA) is 63.5 Å². The molecule has 1 aromatic heterocycles. The summed E-state index contributed by atoms with van der Waals surface area (Å²) in [7, 11) is 0. The van der Waals surface area contributed by atoms with Crippen LogP contribution in [0.1, 0.15) is 32.1 Å². The summed E-state index contributed by atoms with van der Waals surface area (Å²) < 4.78 is 10.5. The smallest absolute Gasteiger partial charge is 0.412 e. The highest BCUT2D eigenvalue weighted by atomic mass is 16.6. The van der Waals surface area contributed by atoms with Crippen molar-refractivity contribution >= 4 is 11.8 Å². The molecule has 0 saturated carbocycles. The first-order valence-corrected chi connectivity index (χ1v) is 7.74. The third-order valence-corrected chi connectivity index (χ3v) is 3.07. The molecule has 0 fully saturated rings. The number of carbonyl (C=O) groups is 1. The van der Waals surface area contributed by atoms with Gasteiger partial charge in [0.1, 0.15) is 11.4 Å². The van der Waals surface area contributed by atoms with Crippen LogP contribution in [-0.2, 0) is 17.7 Å². The molecule has 0 saturated heterocycles. The zero-order valence-corrected chi connectivity index (χ0v) is 13.9. The van der Waals surface area contributed by atoms with Gasteiger partial charge in [0, 0.05) is 5.69 Å². The Labute approximate surface area is 137 Å². The lowest BCUT2D eigenvalue weighted by Gasteiger charge is -2.19. The number of nitrogens with one attached hydrogen (secondary N) is 2. The minimum absolute atomic E-state index is 0.439. The molecule has 2 aromatic rings. The van der Waals surface area contributed by atoms with Crippen molar-refractivity contribution in [1.82, 2.24) is 5.32 Å². The third kappa shape index (κ3) is 6.57. The second kappa shape index (κ2) is 7.83. The summed E-state index contributed by atoms with van der Waals surface area (Å²) in [6.45, 7) is 7.10. The fourth-order valence-electron chi connectivity index (χ4n) is 2.03. The Kier molecular flexibility index (Phi) is 5.82. The van der Waals surface area contributed by atoms with Gasteiger partial charge in [-0.25, -0.2) is 4.79 Å². The van der Waals surface area contributed by atoms with Crippen LogP contribution in [0.4, 0.5) is 10.5 Å². The molecule has 0 radical (unpaired) electrons. The highest BCUT2D eigenvalue weighted by Gasteiger charge is 2.15. The average Bonchev–Trinajstić information content (AvgIpc) is 2.96. The van der Waals surface area contributed by atoms with Gasteiger partial charge in [0.15, 0.2) is 0 Å². The van der Waals surface area contributed by atoms with Crippen molar-refractivity contribution in [3.63, 3.8) is 0 Å². The lowest BCUT2D eigenvalue weighted by atomic mass is 10.1. The molecular formula is C18H24N2O3. The monoisotopic (exact) mass is 316 g/mol. The highest BCUT2D eigenvalue weighted by Crippen LogP contribution is 2.13. The van der Waals surface area contributed by atoms with Crippen LogP contribution in [0, 0.1) is 0 Å². The van der Waals surface area contributed by atoms with Crippen LogP contribution in [-0.4, -0.2) is 18.2 Å². The first-order chi connectivity index (χ1) is 10.9. The van der Waals surface area contributed by atoms with Crippen LogP contribution in [0.2, 0.25) is 0 Å². The first kappa shape index (κ1) is 17.1. The van der Waals surface area contributed by atoms with Crippen molar-refractivity contribution in [2.45, 2.75) is 39.3 Å². The van der Waals surface area contributed by atoms with Crippen LogP contribution >= 0.6 is 0 Å². The molecule has 0 aliphatic carbocycles. The van der Waals surface area contributed by atoms with Crippen LogP contribution < -0.4 is 10.6 Å². The van der Waals surface area contributed by atoms with E-state index in [1.165, 1.54) is 5.56 Å². The molecule has 124 valence electrons. The molecule has 5 nitrogen and oxygen atoms in total. The Bertz CT molecular complexity index is 598. The highest BCUT2D eigenvalue weighted by molar-refractivity contribution is 5.84. The lowest BCUT2D eigenvalue weighted by molar-refractivity contribution is 0.0636. The molecule has 0 unspecified atom stereocenters. The predicted octanol–water partition coefficient (Wildman–Crippen LogP) is 3.96. The summed E-state index contributed by atoms with van der Waals surface area (Å²) in [5, 5.41) is 6.05. The fraction of sp³-hybridized carbons (Fsp3) is 0.389. The summed E-state index contributed by atoms with van der Waals surface area (Å²) in [6, 6.07) is 11.6. The van der Waals surface area contributed by atoms with E-state index in [1.54, 1.807) is 6.26 Å². The largest absolute Gasteiger partial charge is 0.468 e. The van der Waals surface area contributed by atoms with Gasteiger partial charge in [-0.05, 0) is 63.6 Å². The number of rotatable bonds is 6. The van der Waals surface area contributed by atoms with Gasteiger partial charge in [-0.2, -0.15) is 0 Å². The Balaban J connectivity index is 1.72. The molecule has 2 rings (SSSR count). The van der Waals surface area contributed by atoms with Crippen molar-refractivity contribution in [3.8, 4) is 0 Å². The molecule has 23 heavy (non-hydrogen) atoms. The molecule has 0 aliphatic rings. The first-order valence-electron chi connectivity index (χ1n) is 7.74. The zero-order chi connectivity index (χ0) is 16.7. The average molecular weight is 316 g/mol. The molecule has 0 bridgehead atoms. The maximum atomic E-state index is 11.7. The molecule has 5 heteroatoms. The molecule has 2 N–H and O–H groups in total. The standard InChI is InChI=1S/C18H24N2O3/c1-18(2,3)23-17(21)20-15-8-6-14(7-9-15)10-11-19-13-16-5-4-12-22-16/h4-9,12,19H,10-11,13H2,1-3H3,(H,20,21). The fourth-order valence-corrected chi connectivity index (χ4v) is 2.03. The van der Waals surface area contributed by atoms with Crippen LogP contribution in [0.3, 0.4) is 0 Å². The van der Waals surface area contributed by atoms with Gasteiger partial charge < -0.3 is 14.5 Å². The van der Waals surface area contributed by atoms with E-state index in [1.807, 2.05) is 57.2 Å². The van der Waals surface area contributed by atoms with E-state index in [4.69, 9.17) is 9.15 Å². The van der Waals surface area contributed by atoms with Crippen LogP contribution in [0.15, 0.2) is 47.1 Å². The molecule has 1 aromatic carbocycles. The maximum Gasteiger partial charge on any atom is 0.412 e. The van der Waals surface area contributed by atoms with Crippen LogP contribution in [0.5, 0.6) is 0 Å². The SMILES string of the molecule is CC(C)(C)OC(=O)Nc1ccc(CCNCc2ccco2)cc1. The minimum Gasteiger partial charge on any atom is -0.468 e. The van der Waals surface area contributed by atoms with Gasteiger partial charge >= 0.3 is 6.09 Å². The summed E-state index contributed by atoms with van der Waals surface area (Å²) >= 11 is 0. The number of hydrogen-bond donors (Lipinski definition) is 2. The lowest BCUT2D eigenvalue weighted by Crippen LogP contribution is -2.27. The van der Waals surface area contributed by atoms with E-state index < -0.39 is 11.7 Å². The van der Waals surface area contributed by atoms with Crippen molar-refractivity contribution in [3.05, 3.63) is 54.0 Å². The van der Waals surface area contributed by atoms with Gasteiger partial charge in [0.2, 0.25) is 0 Å². The summed E-state index contributed by atoms with van der Waals surface area (Å²) in [4.78, 5) is 11.7. The summed E-state index contributed by atoms with van der Waals surface area (Å²) in [5.74, 6) is 0.932. The van der Waals surface area contributed by atoms with E-state index in [0.717, 1.165) is 31.0 Å². The number of furan rings is 1. The van der Waals surface area contributed by atoms with E-state index in [2.05, 4.69) is 10.6 Å². The van der Waals surface area contributed by atoms with Crippen molar-refractivity contribution in [2.24, 2.45) is 0 Å². The van der Waals surface area contributed by atoms with Crippen molar-refractivity contribution < 1.29 is 13.9 Å². The van der Waals surface area contributed by atoms with E-state index in [-0.39, 0.29) is 0 Å². The Morgan fingerprint density at radius 2 is 1.91 bits per heavy atom. The summed E-state index contributed by atoms with van der Waals surface area (Å²) in [5.41, 5.74) is 1.43. The second-order valence-electron chi connectivity index (χ2n) is 6.33. The zero-order valence-electron chi connectivity index (χ0n) is 13.9. The predicted molar refractivity (Wildman–Crippen MR) is 90.4 cm³/mol. The second-order valence-corrected chi connectivity index (χ2v) is 6.33. The Hall–Kier alpha value is -2.27. The number of hydrogen-bond acceptors (Lipinski definition) is 4. The van der Waals surface area contributed by atoms with E-state index in [9.17, 15) is 4.79 Å². The normalized spacial score (nSPS) is 11.3. The van der Waals surface area contributed by atoms with Gasteiger partial charge in [0.25, 0.3) is 0 Å². The molecule has 1 heterocycles. The molecule has 0 aliphatic heterocycles. The Morgan fingerprint density at radius 1 is 1.17 bits per heavy atom. The summed E-state index contributed by atoms with van der Waals surface area (Å²) in [6.07, 6.45) is 2.14. The number of anilines is 1. The number of benzene rings is 1.